The van der Waals surface area contributed by atoms with Gasteiger partial charge in [0, 0.05) is 12.5 Å². The number of ether oxygens (including phenoxy) is 1. The van der Waals surface area contributed by atoms with Crippen LogP contribution in [0.1, 0.15) is 40.2 Å². The van der Waals surface area contributed by atoms with Gasteiger partial charge in [-0.25, -0.2) is 0 Å². The average Bonchev–Trinajstić information content (AvgIpc) is 2.34. The van der Waals surface area contributed by atoms with Crippen LogP contribution in [-0.4, -0.2) is 13.0 Å². The van der Waals surface area contributed by atoms with E-state index in [1.807, 2.05) is 24.3 Å². The molecule has 0 aliphatic rings. The first-order chi connectivity index (χ1) is 9.25. The van der Waals surface area contributed by atoms with E-state index in [4.69, 9.17) is 4.74 Å². The molecule has 0 saturated carbocycles. The summed E-state index contributed by atoms with van der Waals surface area (Å²) in [5.41, 5.74) is 1.02. The SMILES string of the molecule is COc1cccc(CNC(=O)C(C(C)C)C(C)(C)C)c1. The first kappa shape index (κ1) is 16.5. The molecule has 112 valence electrons. The molecule has 3 heteroatoms. The van der Waals surface area contributed by atoms with Crippen LogP contribution in [0, 0.1) is 17.3 Å². The fraction of sp³-hybridized carbons (Fsp3) is 0.588. The molecule has 1 unspecified atom stereocenters. The smallest absolute Gasteiger partial charge is 0.224 e. The van der Waals surface area contributed by atoms with Crippen LogP contribution in [-0.2, 0) is 11.3 Å². The van der Waals surface area contributed by atoms with Crippen molar-refractivity contribution in [1.82, 2.24) is 5.32 Å². The number of benzene rings is 1. The summed E-state index contributed by atoms with van der Waals surface area (Å²) < 4.78 is 5.19. The Morgan fingerprint density at radius 3 is 2.45 bits per heavy atom. The Morgan fingerprint density at radius 2 is 1.95 bits per heavy atom. The van der Waals surface area contributed by atoms with Crippen molar-refractivity contribution in [2.24, 2.45) is 17.3 Å². The van der Waals surface area contributed by atoms with Gasteiger partial charge in [0.25, 0.3) is 0 Å². The van der Waals surface area contributed by atoms with Gasteiger partial charge in [-0.05, 0) is 29.0 Å². The monoisotopic (exact) mass is 277 g/mol. The quantitative estimate of drug-likeness (QED) is 0.892. The zero-order valence-electron chi connectivity index (χ0n) is 13.5. The van der Waals surface area contributed by atoms with Gasteiger partial charge in [0.05, 0.1) is 7.11 Å². The fourth-order valence-electron chi connectivity index (χ4n) is 2.78. The zero-order valence-corrected chi connectivity index (χ0v) is 13.5. The topological polar surface area (TPSA) is 38.3 Å². The second-order valence-electron chi connectivity index (χ2n) is 6.66. The molecule has 0 saturated heterocycles. The fourth-order valence-corrected chi connectivity index (χ4v) is 2.78. The van der Waals surface area contributed by atoms with Gasteiger partial charge >= 0.3 is 0 Å². The van der Waals surface area contributed by atoms with Gasteiger partial charge in [-0.15, -0.1) is 0 Å². The van der Waals surface area contributed by atoms with Crippen LogP contribution in [0.15, 0.2) is 24.3 Å². The minimum absolute atomic E-state index is 0.00751. The molecule has 0 radical (unpaired) electrons. The molecule has 20 heavy (non-hydrogen) atoms. The highest BCUT2D eigenvalue weighted by Gasteiger charge is 2.33. The average molecular weight is 277 g/mol. The van der Waals surface area contributed by atoms with E-state index in [1.165, 1.54) is 0 Å². The first-order valence-electron chi connectivity index (χ1n) is 7.16. The maximum absolute atomic E-state index is 12.4. The van der Waals surface area contributed by atoms with Crippen molar-refractivity contribution in [2.75, 3.05) is 7.11 Å². The lowest BCUT2D eigenvalue weighted by Gasteiger charge is -2.32. The van der Waals surface area contributed by atoms with Gasteiger partial charge in [-0.1, -0.05) is 46.8 Å². The van der Waals surface area contributed by atoms with E-state index < -0.39 is 0 Å². The third kappa shape index (κ3) is 4.55. The van der Waals surface area contributed by atoms with Crippen molar-refractivity contribution >= 4 is 5.91 Å². The summed E-state index contributed by atoms with van der Waals surface area (Å²) in [5, 5.41) is 3.04. The minimum atomic E-state index is -0.0351. The van der Waals surface area contributed by atoms with E-state index in [-0.39, 0.29) is 17.2 Å². The van der Waals surface area contributed by atoms with Crippen molar-refractivity contribution in [3.05, 3.63) is 29.8 Å². The van der Waals surface area contributed by atoms with Crippen LogP contribution >= 0.6 is 0 Å². The number of rotatable bonds is 5. The number of nitrogens with one attached hydrogen (secondary N) is 1. The van der Waals surface area contributed by atoms with E-state index in [2.05, 4.69) is 39.9 Å². The molecule has 3 nitrogen and oxygen atoms in total. The third-order valence-corrected chi connectivity index (χ3v) is 3.48. The highest BCUT2D eigenvalue weighted by atomic mass is 16.5. The Morgan fingerprint density at radius 1 is 1.30 bits per heavy atom. The summed E-state index contributed by atoms with van der Waals surface area (Å²) in [5.74, 6) is 1.26. The van der Waals surface area contributed by atoms with E-state index >= 15 is 0 Å². The lowest BCUT2D eigenvalue weighted by atomic mass is 9.74. The molecule has 1 amide bonds. The molecular formula is C17H27NO2. The van der Waals surface area contributed by atoms with E-state index in [9.17, 15) is 4.79 Å². The molecule has 1 N–H and O–H groups in total. The number of carbonyl (C=O) groups is 1. The lowest BCUT2D eigenvalue weighted by Crippen LogP contribution is -2.40. The summed E-state index contributed by atoms with van der Waals surface area (Å²) in [7, 11) is 1.64. The van der Waals surface area contributed by atoms with Crippen molar-refractivity contribution in [3.8, 4) is 5.75 Å². The molecule has 0 spiro atoms. The normalized spacial score (nSPS) is 13.2. The second kappa shape index (κ2) is 6.78. The molecule has 0 bridgehead atoms. The van der Waals surface area contributed by atoms with Gasteiger partial charge < -0.3 is 10.1 Å². The molecule has 1 rings (SSSR count). The van der Waals surface area contributed by atoms with Crippen LogP contribution in [0.25, 0.3) is 0 Å². The van der Waals surface area contributed by atoms with Crippen molar-refractivity contribution in [1.29, 1.82) is 0 Å². The molecule has 0 aliphatic heterocycles. The summed E-state index contributed by atoms with van der Waals surface area (Å²) in [6.45, 7) is 11.1. The van der Waals surface area contributed by atoms with Gasteiger partial charge in [-0.2, -0.15) is 0 Å². The van der Waals surface area contributed by atoms with Gasteiger partial charge in [0.15, 0.2) is 0 Å². The minimum Gasteiger partial charge on any atom is -0.497 e. The standard InChI is InChI=1S/C17H27NO2/c1-12(2)15(17(3,4)5)16(19)18-11-13-8-7-9-14(10-13)20-6/h7-10,12,15H,11H2,1-6H3,(H,18,19). The van der Waals surface area contributed by atoms with Gasteiger partial charge in [0.2, 0.25) is 5.91 Å². The van der Waals surface area contributed by atoms with Crippen molar-refractivity contribution < 1.29 is 9.53 Å². The Balaban J connectivity index is 2.70. The van der Waals surface area contributed by atoms with E-state index in [0.29, 0.717) is 12.5 Å². The number of amides is 1. The maximum atomic E-state index is 12.4. The van der Waals surface area contributed by atoms with Crippen LogP contribution in [0.3, 0.4) is 0 Å². The number of methoxy groups -OCH3 is 1. The summed E-state index contributed by atoms with van der Waals surface area (Å²) >= 11 is 0. The first-order valence-corrected chi connectivity index (χ1v) is 7.16. The summed E-state index contributed by atoms with van der Waals surface area (Å²) in [4.78, 5) is 12.4. The van der Waals surface area contributed by atoms with Crippen molar-refractivity contribution in [3.63, 3.8) is 0 Å². The van der Waals surface area contributed by atoms with Gasteiger partial charge in [0.1, 0.15) is 5.75 Å². The van der Waals surface area contributed by atoms with Crippen LogP contribution < -0.4 is 10.1 Å². The molecule has 0 aromatic heterocycles. The zero-order chi connectivity index (χ0) is 15.3. The van der Waals surface area contributed by atoms with Crippen LogP contribution in [0.5, 0.6) is 5.75 Å². The lowest BCUT2D eigenvalue weighted by molar-refractivity contribution is -0.130. The number of carbonyl (C=O) groups excluding carboxylic acids is 1. The Hall–Kier alpha value is -1.51. The molecular weight excluding hydrogens is 250 g/mol. The van der Waals surface area contributed by atoms with Crippen LogP contribution in [0.4, 0.5) is 0 Å². The Kier molecular flexibility index (Phi) is 5.61. The predicted octanol–water partition coefficient (Wildman–Crippen LogP) is 3.63. The molecule has 1 atom stereocenters. The number of hydrogen-bond acceptors (Lipinski definition) is 2. The Bertz CT molecular complexity index is 447. The molecule has 1 aromatic rings. The van der Waals surface area contributed by atoms with Crippen molar-refractivity contribution in [2.45, 2.75) is 41.2 Å². The number of hydrogen-bond donors (Lipinski definition) is 1. The molecule has 0 heterocycles. The highest BCUT2D eigenvalue weighted by Crippen LogP contribution is 2.32. The largest absolute Gasteiger partial charge is 0.497 e. The van der Waals surface area contributed by atoms with Crippen LogP contribution in [0.2, 0.25) is 0 Å². The van der Waals surface area contributed by atoms with Gasteiger partial charge in [-0.3, -0.25) is 4.79 Å². The molecule has 0 aliphatic carbocycles. The Labute approximate surface area is 122 Å². The van der Waals surface area contributed by atoms with E-state index in [0.717, 1.165) is 11.3 Å². The second-order valence-corrected chi connectivity index (χ2v) is 6.66. The third-order valence-electron chi connectivity index (χ3n) is 3.48. The maximum Gasteiger partial charge on any atom is 0.224 e. The predicted molar refractivity (Wildman–Crippen MR) is 82.6 cm³/mol. The molecule has 1 aromatic carbocycles. The summed E-state index contributed by atoms with van der Waals surface area (Å²) in [6.07, 6.45) is 0. The highest BCUT2D eigenvalue weighted by molar-refractivity contribution is 5.79. The summed E-state index contributed by atoms with van der Waals surface area (Å²) in [6, 6.07) is 7.77. The van der Waals surface area contributed by atoms with E-state index in [1.54, 1.807) is 7.11 Å². The molecule has 0 fully saturated rings.